The predicted octanol–water partition coefficient (Wildman–Crippen LogP) is 0.937. The Bertz CT molecular complexity index is 157. The molecular weight excluding hydrogens is 130 g/mol. The average molecular weight is 141 g/mol. The van der Waals surface area contributed by atoms with Crippen molar-refractivity contribution in [2.24, 2.45) is 10.9 Å². The monoisotopic (exact) mass is 141 g/mol. The topological polar surface area (TPSA) is 46.5 Å². The Hall–Kier alpha value is -0.950. The van der Waals surface area contributed by atoms with Crippen LogP contribution in [0.1, 0.15) is 20.3 Å². The first-order valence-corrected chi connectivity index (χ1v) is 3.25. The van der Waals surface area contributed by atoms with E-state index in [1.54, 1.807) is 0 Å². The Labute approximate surface area is 60.1 Å². The molecule has 0 amide bonds. The van der Waals surface area contributed by atoms with Crippen LogP contribution in [0.2, 0.25) is 0 Å². The maximum atomic E-state index is 10.8. The first kappa shape index (κ1) is 9.05. The molecule has 0 unspecified atom stereocenters. The smallest absolute Gasteiger partial charge is 0.234 e. The number of isocyanates is 1. The number of carbonyl (C=O) groups excluding carboxylic acids is 2. The summed E-state index contributed by atoms with van der Waals surface area (Å²) in [5.74, 6) is 0.181. The largest absolute Gasteiger partial charge is 0.299 e. The van der Waals surface area contributed by atoms with Crippen LogP contribution in [0.15, 0.2) is 4.99 Å². The molecule has 3 nitrogen and oxygen atoms in total. The summed E-state index contributed by atoms with van der Waals surface area (Å²) in [6, 6.07) is 0. The third kappa shape index (κ3) is 3.98. The standard InChI is InChI=1S/C7H11NO2/c1-6(2)7(10)3-4-8-5-9/h6H,3-4H2,1-2H3. The Morgan fingerprint density at radius 1 is 1.60 bits per heavy atom. The summed E-state index contributed by atoms with van der Waals surface area (Å²) in [5, 5.41) is 0. The fraction of sp³-hybridized carbons (Fsp3) is 0.714. The van der Waals surface area contributed by atoms with Crippen LogP contribution in [0, 0.1) is 5.92 Å². The van der Waals surface area contributed by atoms with Crippen molar-refractivity contribution in [1.82, 2.24) is 0 Å². The van der Waals surface area contributed by atoms with E-state index in [9.17, 15) is 9.59 Å². The van der Waals surface area contributed by atoms with Crippen molar-refractivity contribution in [3.8, 4) is 0 Å². The molecule has 0 saturated carbocycles. The summed E-state index contributed by atoms with van der Waals surface area (Å²) in [6.45, 7) is 3.93. The van der Waals surface area contributed by atoms with E-state index in [2.05, 4.69) is 4.99 Å². The van der Waals surface area contributed by atoms with Gasteiger partial charge in [-0.3, -0.25) is 4.79 Å². The van der Waals surface area contributed by atoms with E-state index in [1.807, 2.05) is 13.8 Å². The lowest BCUT2D eigenvalue weighted by atomic mass is 10.1. The predicted molar refractivity (Wildman–Crippen MR) is 37.5 cm³/mol. The Morgan fingerprint density at radius 3 is 2.60 bits per heavy atom. The maximum absolute atomic E-state index is 10.8. The van der Waals surface area contributed by atoms with Gasteiger partial charge in [0.05, 0.1) is 6.54 Å². The van der Waals surface area contributed by atoms with Crippen LogP contribution in [0.3, 0.4) is 0 Å². The number of carbonyl (C=O) groups is 1. The molecule has 0 aliphatic heterocycles. The van der Waals surface area contributed by atoms with Crippen LogP contribution in [-0.2, 0) is 9.59 Å². The first-order chi connectivity index (χ1) is 4.68. The van der Waals surface area contributed by atoms with E-state index >= 15 is 0 Å². The first-order valence-electron chi connectivity index (χ1n) is 3.25. The summed E-state index contributed by atoms with van der Waals surface area (Å²) in [4.78, 5) is 23.6. The van der Waals surface area contributed by atoms with E-state index in [1.165, 1.54) is 6.08 Å². The zero-order valence-corrected chi connectivity index (χ0v) is 6.26. The summed E-state index contributed by atoms with van der Waals surface area (Å²) in [6.07, 6.45) is 1.74. The van der Waals surface area contributed by atoms with Crippen LogP contribution >= 0.6 is 0 Å². The van der Waals surface area contributed by atoms with Crippen molar-refractivity contribution in [2.75, 3.05) is 6.54 Å². The van der Waals surface area contributed by atoms with Crippen LogP contribution in [0.5, 0.6) is 0 Å². The highest BCUT2D eigenvalue weighted by atomic mass is 16.1. The van der Waals surface area contributed by atoms with Gasteiger partial charge in [0.1, 0.15) is 5.78 Å². The zero-order chi connectivity index (χ0) is 7.98. The van der Waals surface area contributed by atoms with E-state index in [-0.39, 0.29) is 18.2 Å². The highest BCUT2D eigenvalue weighted by Gasteiger charge is 2.04. The fourth-order valence-corrected chi connectivity index (χ4v) is 0.500. The van der Waals surface area contributed by atoms with Gasteiger partial charge in [0.15, 0.2) is 0 Å². The van der Waals surface area contributed by atoms with Crippen LogP contribution in [0.4, 0.5) is 0 Å². The lowest BCUT2D eigenvalue weighted by molar-refractivity contribution is -0.121. The van der Waals surface area contributed by atoms with E-state index in [0.717, 1.165) is 0 Å². The number of hydrogen-bond acceptors (Lipinski definition) is 3. The lowest BCUT2D eigenvalue weighted by Gasteiger charge is -1.98. The van der Waals surface area contributed by atoms with Crippen molar-refractivity contribution < 1.29 is 9.59 Å². The minimum Gasteiger partial charge on any atom is -0.299 e. The van der Waals surface area contributed by atoms with Gasteiger partial charge in [-0.2, -0.15) is 0 Å². The van der Waals surface area contributed by atoms with E-state index in [4.69, 9.17) is 0 Å². The minimum absolute atomic E-state index is 0.0434. The van der Waals surface area contributed by atoms with Crippen molar-refractivity contribution >= 4 is 11.9 Å². The molecule has 0 aromatic heterocycles. The van der Waals surface area contributed by atoms with Gasteiger partial charge in [0.25, 0.3) is 0 Å². The van der Waals surface area contributed by atoms with Gasteiger partial charge < -0.3 is 0 Å². The second-order valence-electron chi connectivity index (χ2n) is 2.34. The van der Waals surface area contributed by atoms with E-state index in [0.29, 0.717) is 6.42 Å². The molecule has 0 heterocycles. The summed E-state index contributed by atoms with van der Waals surface area (Å²) in [5.41, 5.74) is 0. The molecule has 0 bridgehead atoms. The van der Waals surface area contributed by atoms with Crippen LogP contribution in [-0.4, -0.2) is 18.4 Å². The second kappa shape index (κ2) is 4.89. The number of nitrogens with zero attached hydrogens (tertiary/aromatic N) is 1. The molecule has 0 aromatic carbocycles. The number of hydrogen-bond donors (Lipinski definition) is 0. The van der Waals surface area contributed by atoms with Gasteiger partial charge in [-0.15, -0.1) is 0 Å². The number of aliphatic imine (C=N–C) groups is 1. The number of Topliss-reactive ketones (excluding diaryl/α,β-unsaturated/α-hetero) is 1. The maximum Gasteiger partial charge on any atom is 0.234 e. The molecule has 0 rings (SSSR count). The number of rotatable bonds is 4. The molecule has 10 heavy (non-hydrogen) atoms. The minimum atomic E-state index is 0.0434. The third-order valence-corrected chi connectivity index (χ3v) is 1.18. The molecule has 3 heteroatoms. The summed E-state index contributed by atoms with van der Waals surface area (Å²) >= 11 is 0. The van der Waals surface area contributed by atoms with Crippen molar-refractivity contribution in [1.29, 1.82) is 0 Å². The normalized spacial score (nSPS) is 9.10. The quantitative estimate of drug-likeness (QED) is 0.432. The Balaban J connectivity index is 3.49. The van der Waals surface area contributed by atoms with Gasteiger partial charge in [-0.25, -0.2) is 9.79 Å². The van der Waals surface area contributed by atoms with Crippen LogP contribution in [0.25, 0.3) is 0 Å². The van der Waals surface area contributed by atoms with Crippen LogP contribution < -0.4 is 0 Å². The molecule has 0 saturated heterocycles. The summed E-state index contributed by atoms with van der Waals surface area (Å²) < 4.78 is 0. The van der Waals surface area contributed by atoms with E-state index < -0.39 is 0 Å². The van der Waals surface area contributed by atoms with Gasteiger partial charge in [-0.05, 0) is 0 Å². The van der Waals surface area contributed by atoms with Crippen molar-refractivity contribution in [2.45, 2.75) is 20.3 Å². The molecule has 0 spiro atoms. The van der Waals surface area contributed by atoms with Crippen molar-refractivity contribution in [3.05, 3.63) is 0 Å². The fourth-order valence-electron chi connectivity index (χ4n) is 0.500. The summed E-state index contributed by atoms with van der Waals surface area (Å²) in [7, 11) is 0. The Morgan fingerprint density at radius 2 is 2.20 bits per heavy atom. The average Bonchev–Trinajstić information content (AvgIpc) is 1.88. The molecule has 0 radical (unpaired) electrons. The van der Waals surface area contributed by atoms with Crippen molar-refractivity contribution in [3.63, 3.8) is 0 Å². The molecular formula is C7H11NO2. The molecule has 0 aliphatic rings. The molecule has 0 atom stereocenters. The van der Waals surface area contributed by atoms with Gasteiger partial charge in [0.2, 0.25) is 6.08 Å². The molecule has 0 aromatic rings. The number of ketones is 1. The molecule has 56 valence electrons. The van der Waals surface area contributed by atoms with Gasteiger partial charge in [0, 0.05) is 12.3 Å². The zero-order valence-electron chi connectivity index (χ0n) is 6.26. The Kier molecular flexibility index (Phi) is 4.42. The van der Waals surface area contributed by atoms with Gasteiger partial charge in [-0.1, -0.05) is 13.8 Å². The lowest BCUT2D eigenvalue weighted by Crippen LogP contribution is -2.07. The highest BCUT2D eigenvalue weighted by Crippen LogP contribution is 1.97. The molecule has 0 fully saturated rings. The molecule has 0 aliphatic carbocycles. The SMILES string of the molecule is CC(C)C(=O)CCN=C=O. The second-order valence-corrected chi connectivity index (χ2v) is 2.34. The van der Waals surface area contributed by atoms with Gasteiger partial charge >= 0.3 is 0 Å². The molecule has 0 N–H and O–H groups in total. The highest BCUT2D eigenvalue weighted by molar-refractivity contribution is 5.80. The third-order valence-electron chi connectivity index (χ3n) is 1.18.